The lowest BCUT2D eigenvalue weighted by atomic mass is 9.93. The lowest BCUT2D eigenvalue weighted by Crippen LogP contribution is -2.35. The van der Waals surface area contributed by atoms with Gasteiger partial charge in [-0.25, -0.2) is 13.2 Å². The molecule has 1 aromatic carbocycles. The highest BCUT2D eigenvalue weighted by Gasteiger charge is 2.24. The lowest BCUT2D eigenvalue weighted by molar-refractivity contribution is 0.117. The zero-order valence-corrected chi connectivity index (χ0v) is 10.2. The Morgan fingerprint density at radius 1 is 1.17 bits per heavy atom. The molecular formula is C13H16F3NO. The summed E-state index contributed by atoms with van der Waals surface area (Å²) in [7, 11) is 0. The highest BCUT2D eigenvalue weighted by Crippen LogP contribution is 2.27. The molecule has 100 valence electrons. The number of nitrogens with one attached hydrogen (secondary N) is 1. The van der Waals surface area contributed by atoms with Crippen LogP contribution in [-0.4, -0.2) is 19.2 Å². The van der Waals surface area contributed by atoms with Crippen LogP contribution < -0.4 is 10.1 Å². The predicted molar refractivity (Wildman–Crippen MR) is 62.0 cm³/mol. The topological polar surface area (TPSA) is 21.3 Å². The molecule has 1 aliphatic rings. The number of hydrogen-bond donors (Lipinski definition) is 1. The molecule has 5 heteroatoms. The van der Waals surface area contributed by atoms with Gasteiger partial charge in [0, 0.05) is 12.1 Å². The van der Waals surface area contributed by atoms with Gasteiger partial charge in [0.25, 0.3) is 0 Å². The van der Waals surface area contributed by atoms with Gasteiger partial charge in [-0.3, -0.25) is 0 Å². The van der Waals surface area contributed by atoms with Crippen LogP contribution in [0.5, 0.6) is 5.75 Å². The molecule has 1 heterocycles. The summed E-state index contributed by atoms with van der Waals surface area (Å²) in [6.45, 7) is 3.55. The van der Waals surface area contributed by atoms with Gasteiger partial charge in [-0.15, -0.1) is 0 Å². The Kier molecular flexibility index (Phi) is 4.11. The summed E-state index contributed by atoms with van der Waals surface area (Å²) < 4.78 is 44.9. The highest BCUT2D eigenvalue weighted by molar-refractivity contribution is 5.27. The van der Waals surface area contributed by atoms with Crippen molar-refractivity contribution < 1.29 is 17.9 Å². The molecule has 1 aromatic rings. The maximum Gasteiger partial charge on any atom is 0.191 e. The van der Waals surface area contributed by atoms with Crippen LogP contribution in [0.1, 0.15) is 19.8 Å². The van der Waals surface area contributed by atoms with Crippen LogP contribution in [0.25, 0.3) is 0 Å². The zero-order valence-electron chi connectivity index (χ0n) is 10.2. The summed E-state index contributed by atoms with van der Waals surface area (Å²) in [4.78, 5) is 0. The predicted octanol–water partition coefficient (Wildman–Crippen LogP) is 2.87. The van der Waals surface area contributed by atoms with Gasteiger partial charge in [0.2, 0.25) is 0 Å². The second-order valence-corrected chi connectivity index (χ2v) is 4.61. The van der Waals surface area contributed by atoms with Gasteiger partial charge in [-0.1, -0.05) is 0 Å². The van der Waals surface area contributed by atoms with Crippen LogP contribution in [0.4, 0.5) is 13.2 Å². The second kappa shape index (κ2) is 5.61. The fraction of sp³-hybridized carbons (Fsp3) is 0.538. The second-order valence-electron chi connectivity index (χ2n) is 4.61. The molecule has 0 aromatic heterocycles. The van der Waals surface area contributed by atoms with Crippen LogP contribution in [-0.2, 0) is 0 Å². The van der Waals surface area contributed by atoms with Crippen molar-refractivity contribution in [2.24, 2.45) is 5.92 Å². The number of piperidine rings is 1. The molecule has 1 atom stereocenters. The van der Waals surface area contributed by atoms with E-state index in [-0.39, 0.29) is 12.0 Å². The van der Waals surface area contributed by atoms with Gasteiger partial charge in [0.1, 0.15) is 5.82 Å². The molecule has 0 amide bonds. The van der Waals surface area contributed by atoms with Gasteiger partial charge in [-0.2, -0.15) is 0 Å². The van der Waals surface area contributed by atoms with E-state index in [1.54, 1.807) is 6.92 Å². The van der Waals surface area contributed by atoms with Gasteiger partial charge < -0.3 is 10.1 Å². The van der Waals surface area contributed by atoms with E-state index >= 15 is 0 Å². The van der Waals surface area contributed by atoms with Crippen molar-refractivity contribution in [3.63, 3.8) is 0 Å². The normalized spacial score (nSPS) is 18.7. The Labute approximate surface area is 104 Å². The summed E-state index contributed by atoms with van der Waals surface area (Å²) in [6.07, 6.45) is 1.53. The van der Waals surface area contributed by atoms with Crippen molar-refractivity contribution in [3.8, 4) is 5.75 Å². The third kappa shape index (κ3) is 2.96. The third-order valence-corrected chi connectivity index (χ3v) is 3.31. The number of rotatable bonds is 3. The molecule has 0 aliphatic carbocycles. The quantitative estimate of drug-likeness (QED) is 0.901. The van der Waals surface area contributed by atoms with E-state index in [4.69, 9.17) is 4.74 Å². The van der Waals surface area contributed by atoms with E-state index in [0.717, 1.165) is 25.9 Å². The van der Waals surface area contributed by atoms with E-state index in [0.29, 0.717) is 12.1 Å². The van der Waals surface area contributed by atoms with Crippen molar-refractivity contribution in [3.05, 3.63) is 29.6 Å². The maximum atomic E-state index is 13.4. The average molecular weight is 259 g/mol. The molecule has 1 aliphatic heterocycles. The minimum Gasteiger partial charge on any atom is -0.484 e. The van der Waals surface area contributed by atoms with E-state index in [9.17, 15) is 13.2 Å². The van der Waals surface area contributed by atoms with Crippen molar-refractivity contribution in [1.82, 2.24) is 5.32 Å². The Hall–Kier alpha value is -1.23. The molecule has 1 fully saturated rings. The van der Waals surface area contributed by atoms with Crippen LogP contribution >= 0.6 is 0 Å². The number of benzene rings is 1. The molecule has 1 saturated heterocycles. The number of halogens is 3. The summed E-state index contributed by atoms with van der Waals surface area (Å²) in [5.41, 5.74) is 0. The largest absolute Gasteiger partial charge is 0.484 e. The Morgan fingerprint density at radius 2 is 1.72 bits per heavy atom. The first-order chi connectivity index (χ1) is 8.58. The molecule has 0 saturated carbocycles. The molecule has 0 spiro atoms. The van der Waals surface area contributed by atoms with Gasteiger partial charge >= 0.3 is 0 Å². The Bertz CT molecular complexity index is 396. The Balaban J connectivity index is 2.08. The monoisotopic (exact) mass is 259 g/mol. The van der Waals surface area contributed by atoms with Gasteiger partial charge in [-0.05, 0) is 38.8 Å². The minimum absolute atomic E-state index is 0.259. The Morgan fingerprint density at radius 3 is 2.28 bits per heavy atom. The third-order valence-electron chi connectivity index (χ3n) is 3.31. The molecule has 0 bridgehead atoms. The van der Waals surface area contributed by atoms with Crippen molar-refractivity contribution >= 4 is 0 Å². The van der Waals surface area contributed by atoms with Crippen LogP contribution in [0, 0.1) is 23.4 Å². The molecule has 0 radical (unpaired) electrons. The van der Waals surface area contributed by atoms with Crippen LogP contribution in [0.3, 0.4) is 0 Å². The fourth-order valence-electron chi connectivity index (χ4n) is 2.24. The van der Waals surface area contributed by atoms with E-state index in [1.807, 2.05) is 0 Å². The summed E-state index contributed by atoms with van der Waals surface area (Å²) in [6, 6.07) is 1.26. The molecule has 2 rings (SSSR count). The molecular weight excluding hydrogens is 243 g/mol. The van der Waals surface area contributed by atoms with Gasteiger partial charge in [0.05, 0.1) is 6.10 Å². The molecule has 1 unspecified atom stereocenters. The van der Waals surface area contributed by atoms with Crippen molar-refractivity contribution in [2.45, 2.75) is 25.9 Å². The highest BCUT2D eigenvalue weighted by atomic mass is 19.1. The van der Waals surface area contributed by atoms with Gasteiger partial charge in [0.15, 0.2) is 17.4 Å². The minimum atomic E-state index is -0.992. The summed E-state index contributed by atoms with van der Waals surface area (Å²) in [5, 5.41) is 3.21. The molecule has 18 heavy (non-hydrogen) atoms. The number of ether oxygens (including phenoxy) is 1. The van der Waals surface area contributed by atoms with Crippen molar-refractivity contribution in [1.29, 1.82) is 0 Å². The first-order valence-corrected chi connectivity index (χ1v) is 6.10. The zero-order chi connectivity index (χ0) is 13.1. The first-order valence-electron chi connectivity index (χ1n) is 6.10. The maximum absolute atomic E-state index is 13.4. The summed E-state index contributed by atoms with van der Waals surface area (Å²) >= 11 is 0. The standard InChI is InChI=1S/C13H16F3NO/c1-8(9-2-4-17-5-3-9)18-13-11(15)6-10(14)7-12(13)16/h6-9,17H,2-5H2,1H3. The lowest BCUT2D eigenvalue weighted by Gasteiger charge is -2.28. The average Bonchev–Trinajstić information content (AvgIpc) is 2.34. The number of hydrogen-bond acceptors (Lipinski definition) is 2. The fourth-order valence-corrected chi connectivity index (χ4v) is 2.24. The SMILES string of the molecule is CC(Oc1c(F)cc(F)cc1F)C1CCNCC1. The van der Waals surface area contributed by atoms with E-state index < -0.39 is 23.2 Å². The van der Waals surface area contributed by atoms with Crippen LogP contribution in [0.2, 0.25) is 0 Å². The molecule has 1 N–H and O–H groups in total. The molecule has 2 nitrogen and oxygen atoms in total. The summed E-state index contributed by atoms with van der Waals surface area (Å²) in [5.74, 6) is -3.15. The van der Waals surface area contributed by atoms with Crippen molar-refractivity contribution in [2.75, 3.05) is 13.1 Å². The first kappa shape index (κ1) is 13.2. The smallest absolute Gasteiger partial charge is 0.191 e. The van der Waals surface area contributed by atoms with E-state index in [1.165, 1.54) is 0 Å². The van der Waals surface area contributed by atoms with E-state index in [2.05, 4.69) is 5.32 Å². The van der Waals surface area contributed by atoms with Crippen LogP contribution in [0.15, 0.2) is 12.1 Å².